The van der Waals surface area contributed by atoms with Gasteiger partial charge in [-0.1, -0.05) is 76.7 Å². The second-order valence-corrected chi connectivity index (χ2v) is 17.5. The van der Waals surface area contributed by atoms with E-state index in [0.717, 1.165) is 32.1 Å². The molecule has 9 nitrogen and oxygen atoms in total. The minimum Gasteiger partial charge on any atom is -0.411 e. The van der Waals surface area contributed by atoms with E-state index in [2.05, 4.69) is 56.3 Å². The second kappa shape index (κ2) is 13.8. The van der Waals surface area contributed by atoms with Gasteiger partial charge in [-0.05, 0) is 53.5 Å². The van der Waals surface area contributed by atoms with Crippen LogP contribution in [0.4, 0.5) is 0 Å². The Morgan fingerprint density at radius 2 is 1.72 bits per heavy atom. The summed E-state index contributed by atoms with van der Waals surface area (Å²) >= 11 is 0. The fourth-order valence-electron chi connectivity index (χ4n) is 3.65. The van der Waals surface area contributed by atoms with Crippen molar-refractivity contribution in [2.75, 3.05) is 19.7 Å². The summed E-state index contributed by atoms with van der Waals surface area (Å²) in [5, 5.41) is 11.2. The van der Waals surface area contributed by atoms with Crippen LogP contribution < -0.4 is 0 Å². The van der Waals surface area contributed by atoms with E-state index in [0.29, 0.717) is 5.69 Å². The molecule has 0 bridgehead atoms. The highest BCUT2D eigenvalue weighted by Crippen LogP contribution is 2.38. The molecule has 204 valence electrons. The molecule has 1 aromatic carbocycles. The third-order valence-corrected chi connectivity index (χ3v) is 12.9. The largest absolute Gasteiger partial charge is 0.411 e. The normalized spacial score (nSPS) is 14.6. The molecule has 1 aromatic heterocycles. The topological polar surface area (TPSA) is 105 Å². The van der Waals surface area contributed by atoms with Crippen molar-refractivity contribution in [2.24, 2.45) is 0 Å². The molecule has 0 saturated heterocycles. The minimum absolute atomic E-state index is 0.0322. The van der Waals surface area contributed by atoms with Gasteiger partial charge in [-0.15, -0.1) is 0 Å². The van der Waals surface area contributed by atoms with Gasteiger partial charge in [0.15, 0.2) is 8.32 Å². The first kappa shape index (κ1) is 30.6. The molecule has 2 rings (SSSR count). The molecule has 0 aliphatic heterocycles. The maximum absolute atomic E-state index is 13.4. The van der Waals surface area contributed by atoms with Crippen LogP contribution in [0.25, 0.3) is 5.69 Å². The Labute approximate surface area is 218 Å². The fraction of sp³-hybridized carbons (Fsp3) is 0.720. The molecule has 11 heteroatoms. The zero-order valence-electron chi connectivity index (χ0n) is 22.9. The SMILES string of the molecule is CCCCCC[C@H](OCOC)[C@H](CCS(=O)(=O)c1nnnn1-c1ccccc1)O[Si](C)(C)C(C)(C)C. The molecule has 0 N–H and O–H groups in total. The van der Waals surface area contributed by atoms with Crippen LogP contribution in [0.2, 0.25) is 18.1 Å². The molecule has 0 spiro atoms. The van der Waals surface area contributed by atoms with Crippen LogP contribution in [0.15, 0.2) is 35.5 Å². The third-order valence-electron chi connectivity index (χ3n) is 6.80. The molecule has 2 aromatic rings. The molecular weight excluding hydrogens is 496 g/mol. The van der Waals surface area contributed by atoms with Gasteiger partial charge < -0.3 is 13.9 Å². The Hall–Kier alpha value is -1.66. The van der Waals surface area contributed by atoms with E-state index in [1.165, 1.54) is 4.68 Å². The number of benzene rings is 1. The molecule has 36 heavy (non-hydrogen) atoms. The zero-order valence-corrected chi connectivity index (χ0v) is 24.8. The summed E-state index contributed by atoms with van der Waals surface area (Å²) in [6.45, 7) is 13.2. The quantitative estimate of drug-likeness (QED) is 0.163. The van der Waals surface area contributed by atoms with Gasteiger partial charge in [0, 0.05) is 7.11 Å². The monoisotopic (exact) mass is 540 g/mol. The molecule has 0 fully saturated rings. The highest BCUT2D eigenvalue weighted by atomic mass is 32.2. The number of methoxy groups -OCH3 is 1. The number of tetrazole rings is 1. The summed E-state index contributed by atoms with van der Waals surface area (Å²) in [7, 11) is -4.41. The van der Waals surface area contributed by atoms with E-state index in [1.807, 2.05) is 18.2 Å². The van der Waals surface area contributed by atoms with Crippen LogP contribution in [0.1, 0.15) is 66.2 Å². The first-order chi connectivity index (χ1) is 16.9. The van der Waals surface area contributed by atoms with Crippen molar-refractivity contribution >= 4 is 18.2 Å². The van der Waals surface area contributed by atoms with Gasteiger partial charge in [-0.25, -0.2) is 8.42 Å². The summed E-state index contributed by atoms with van der Waals surface area (Å²) in [6.07, 6.45) is 4.78. The fourth-order valence-corrected chi connectivity index (χ4v) is 6.32. The Morgan fingerprint density at radius 1 is 1.03 bits per heavy atom. The highest BCUT2D eigenvalue weighted by molar-refractivity contribution is 7.91. The van der Waals surface area contributed by atoms with Crippen molar-refractivity contribution in [1.29, 1.82) is 0 Å². The Kier molecular flexibility index (Phi) is 11.7. The summed E-state index contributed by atoms with van der Waals surface area (Å²) < 4.78 is 46.2. The molecule has 2 atom stereocenters. The summed E-state index contributed by atoms with van der Waals surface area (Å²) in [5.74, 6) is -0.151. The predicted octanol–water partition coefficient (Wildman–Crippen LogP) is 5.18. The van der Waals surface area contributed by atoms with E-state index in [4.69, 9.17) is 13.9 Å². The number of sulfone groups is 1. The van der Waals surface area contributed by atoms with Crippen LogP contribution in [-0.4, -0.2) is 68.8 Å². The highest BCUT2D eigenvalue weighted by Gasteiger charge is 2.41. The minimum atomic E-state index is -3.79. The van der Waals surface area contributed by atoms with Crippen LogP contribution in [-0.2, 0) is 23.7 Å². The van der Waals surface area contributed by atoms with Crippen molar-refractivity contribution in [2.45, 2.75) is 102 Å². The molecule has 1 heterocycles. The van der Waals surface area contributed by atoms with Crippen molar-refractivity contribution in [1.82, 2.24) is 20.2 Å². The lowest BCUT2D eigenvalue weighted by Crippen LogP contribution is -2.48. The van der Waals surface area contributed by atoms with Crippen LogP contribution in [0, 0.1) is 0 Å². The lowest BCUT2D eigenvalue weighted by atomic mass is 10.0. The lowest BCUT2D eigenvalue weighted by molar-refractivity contribution is -0.112. The molecule has 0 unspecified atom stereocenters. The van der Waals surface area contributed by atoms with Crippen molar-refractivity contribution < 1.29 is 22.3 Å². The standard InChI is InChI=1S/C25H44N4O5SSi/c1-8-9-10-14-17-22(33-20-32-5)23(34-36(6,7)25(2,3)4)18-19-35(30,31)24-26-27-28-29(24)21-15-12-11-13-16-21/h11-13,15-16,22-23H,8-10,14,17-20H2,1-7H3/t22-,23-/m0/s1. The number of unbranched alkanes of at least 4 members (excludes halogenated alkanes) is 3. The maximum atomic E-state index is 13.4. The summed E-state index contributed by atoms with van der Waals surface area (Å²) in [5.41, 5.74) is 0.590. The maximum Gasteiger partial charge on any atom is 0.272 e. The number of aromatic nitrogens is 4. The van der Waals surface area contributed by atoms with Gasteiger partial charge in [0.25, 0.3) is 5.16 Å². The van der Waals surface area contributed by atoms with Gasteiger partial charge in [-0.3, -0.25) is 0 Å². The van der Waals surface area contributed by atoms with E-state index >= 15 is 0 Å². The average Bonchev–Trinajstić information content (AvgIpc) is 3.32. The van der Waals surface area contributed by atoms with Crippen molar-refractivity contribution in [3.8, 4) is 5.69 Å². The first-order valence-electron chi connectivity index (χ1n) is 12.8. The van der Waals surface area contributed by atoms with Crippen LogP contribution in [0.3, 0.4) is 0 Å². The van der Waals surface area contributed by atoms with E-state index < -0.39 is 24.3 Å². The van der Waals surface area contributed by atoms with Gasteiger partial charge >= 0.3 is 0 Å². The van der Waals surface area contributed by atoms with E-state index in [9.17, 15) is 8.42 Å². The van der Waals surface area contributed by atoms with Crippen molar-refractivity contribution in [3.63, 3.8) is 0 Å². The number of rotatable bonds is 16. The summed E-state index contributed by atoms with van der Waals surface area (Å²) in [4.78, 5) is 0. The van der Waals surface area contributed by atoms with E-state index in [-0.39, 0.29) is 35.3 Å². The smallest absolute Gasteiger partial charge is 0.272 e. The zero-order chi connectivity index (χ0) is 26.8. The predicted molar refractivity (Wildman–Crippen MR) is 143 cm³/mol. The second-order valence-electron chi connectivity index (χ2n) is 10.7. The van der Waals surface area contributed by atoms with Gasteiger partial charge in [0.1, 0.15) is 6.79 Å². The van der Waals surface area contributed by atoms with E-state index in [1.54, 1.807) is 19.2 Å². The summed E-state index contributed by atoms with van der Waals surface area (Å²) in [6, 6.07) is 9.01. The number of ether oxygens (including phenoxy) is 2. The average molecular weight is 541 g/mol. The Bertz CT molecular complexity index is 1010. The number of nitrogens with zero attached hydrogens (tertiary/aromatic N) is 4. The first-order valence-corrected chi connectivity index (χ1v) is 17.3. The molecule has 0 aliphatic carbocycles. The number of hydrogen-bond acceptors (Lipinski definition) is 8. The lowest BCUT2D eigenvalue weighted by Gasteiger charge is -2.41. The molecule has 0 amide bonds. The molecular formula is C25H44N4O5SSi. The van der Waals surface area contributed by atoms with Crippen molar-refractivity contribution in [3.05, 3.63) is 30.3 Å². The Balaban J connectivity index is 2.29. The molecule has 0 saturated carbocycles. The third kappa shape index (κ3) is 8.72. The van der Waals surface area contributed by atoms with Crippen LogP contribution >= 0.6 is 0 Å². The molecule has 0 radical (unpaired) electrons. The van der Waals surface area contributed by atoms with Gasteiger partial charge in [-0.2, -0.15) is 4.68 Å². The number of para-hydroxylation sites is 1. The van der Waals surface area contributed by atoms with Crippen LogP contribution in [0.5, 0.6) is 0 Å². The Morgan fingerprint density at radius 3 is 2.33 bits per heavy atom. The van der Waals surface area contributed by atoms with Gasteiger partial charge in [0.2, 0.25) is 9.84 Å². The number of hydrogen-bond donors (Lipinski definition) is 0. The van der Waals surface area contributed by atoms with Gasteiger partial charge in [0.05, 0.1) is 23.6 Å². The molecule has 0 aliphatic rings.